The van der Waals surface area contributed by atoms with E-state index >= 15 is 0 Å². The van der Waals surface area contributed by atoms with Crippen molar-refractivity contribution >= 4 is 11.9 Å². The lowest BCUT2D eigenvalue weighted by Gasteiger charge is -2.34. The molecule has 0 radical (unpaired) electrons. The average molecular weight is 833 g/mol. The molecule has 0 aromatic carbocycles. The number of rotatable bonds is 44. The smallest absolute Gasteiger partial charge is 0.305 e. The summed E-state index contributed by atoms with van der Waals surface area (Å²) in [4.78, 5) is 30.0. The van der Waals surface area contributed by atoms with E-state index in [1.54, 1.807) is 0 Å². The Labute approximate surface area is 369 Å². The molecule has 6 heteroatoms. The molecule has 0 N–H and O–H groups in total. The van der Waals surface area contributed by atoms with Crippen LogP contribution in [0.4, 0.5) is 0 Å². The number of piperazine rings is 1. The molecule has 59 heavy (non-hydrogen) atoms. The van der Waals surface area contributed by atoms with E-state index in [0.29, 0.717) is 26.1 Å². The van der Waals surface area contributed by atoms with Crippen molar-refractivity contribution in [2.45, 2.75) is 259 Å². The van der Waals surface area contributed by atoms with E-state index in [0.717, 1.165) is 56.3 Å². The fourth-order valence-electron chi connectivity index (χ4n) is 9.32. The maximum absolute atomic E-state index is 12.4. The van der Waals surface area contributed by atoms with Crippen molar-refractivity contribution in [3.8, 4) is 0 Å². The van der Waals surface area contributed by atoms with Gasteiger partial charge in [-0.15, -0.1) is 0 Å². The van der Waals surface area contributed by atoms with Crippen molar-refractivity contribution < 1.29 is 19.1 Å². The van der Waals surface area contributed by atoms with Gasteiger partial charge in [-0.25, -0.2) is 0 Å². The highest BCUT2D eigenvalue weighted by Gasteiger charge is 2.19. The Balaban J connectivity index is 2.16. The maximum atomic E-state index is 12.4. The second kappa shape index (κ2) is 42.2. The van der Waals surface area contributed by atoms with Gasteiger partial charge in [0.2, 0.25) is 0 Å². The van der Waals surface area contributed by atoms with Crippen LogP contribution in [0.15, 0.2) is 0 Å². The molecule has 1 saturated heterocycles. The molecule has 0 aromatic heterocycles. The number of hydrogen-bond acceptors (Lipinski definition) is 6. The van der Waals surface area contributed by atoms with Crippen LogP contribution in [-0.4, -0.2) is 74.7 Å². The van der Waals surface area contributed by atoms with E-state index in [1.165, 1.54) is 213 Å². The molecule has 1 aliphatic heterocycles. The Morgan fingerprint density at radius 1 is 0.390 bits per heavy atom. The van der Waals surface area contributed by atoms with E-state index in [-0.39, 0.29) is 11.9 Å². The van der Waals surface area contributed by atoms with Gasteiger partial charge in [0.15, 0.2) is 0 Å². The van der Waals surface area contributed by atoms with Crippen molar-refractivity contribution in [1.29, 1.82) is 0 Å². The van der Waals surface area contributed by atoms with Crippen LogP contribution in [-0.2, 0) is 19.1 Å². The molecule has 0 bridgehead atoms. The molecule has 1 fully saturated rings. The van der Waals surface area contributed by atoms with Gasteiger partial charge in [0.25, 0.3) is 0 Å². The summed E-state index contributed by atoms with van der Waals surface area (Å²) in [5.74, 6) is 2.34. The zero-order chi connectivity index (χ0) is 42.9. The lowest BCUT2D eigenvalue weighted by Crippen LogP contribution is -2.46. The van der Waals surface area contributed by atoms with Gasteiger partial charge in [-0.05, 0) is 63.3 Å². The Hall–Kier alpha value is -1.14. The second-order valence-electron chi connectivity index (χ2n) is 19.2. The number of esters is 2. The highest BCUT2D eigenvalue weighted by molar-refractivity contribution is 5.69. The number of unbranched alkanes of at least 4 members (excludes halogenated alkanes) is 20. The minimum absolute atomic E-state index is 0.0240. The van der Waals surface area contributed by atoms with Crippen LogP contribution in [0.3, 0.4) is 0 Å². The van der Waals surface area contributed by atoms with Gasteiger partial charge in [-0.3, -0.25) is 9.59 Å². The van der Waals surface area contributed by atoms with Crippen molar-refractivity contribution in [1.82, 2.24) is 9.80 Å². The predicted molar refractivity (Wildman–Crippen MR) is 255 cm³/mol. The van der Waals surface area contributed by atoms with Gasteiger partial charge in [0.05, 0.1) is 13.2 Å². The first-order valence-corrected chi connectivity index (χ1v) is 26.6. The number of carbonyl (C=O) groups is 2. The lowest BCUT2D eigenvalue weighted by atomic mass is 9.92. The number of hydrogen-bond donors (Lipinski definition) is 0. The topological polar surface area (TPSA) is 59.1 Å². The van der Waals surface area contributed by atoms with E-state index < -0.39 is 0 Å². The first-order chi connectivity index (χ1) is 28.9. The minimum Gasteiger partial charge on any atom is -0.466 e. The Kier molecular flexibility index (Phi) is 39.9. The summed E-state index contributed by atoms with van der Waals surface area (Å²) in [6.07, 6.45) is 44.4. The number of likely N-dealkylation sites (N-methyl/N-ethyl adjacent to an activating group) is 1. The van der Waals surface area contributed by atoms with Crippen molar-refractivity contribution in [2.75, 3.05) is 53.0 Å². The molecule has 0 aliphatic carbocycles. The molecule has 0 atom stereocenters. The van der Waals surface area contributed by atoms with Crippen LogP contribution < -0.4 is 0 Å². The third kappa shape index (κ3) is 36.1. The summed E-state index contributed by atoms with van der Waals surface area (Å²) in [6, 6.07) is 0. The van der Waals surface area contributed by atoms with Gasteiger partial charge < -0.3 is 19.3 Å². The fraction of sp³-hybridized carbons (Fsp3) is 0.962. The van der Waals surface area contributed by atoms with Crippen LogP contribution in [0.25, 0.3) is 0 Å². The molecule has 1 aliphatic rings. The molecule has 0 saturated carbocycles. The van der Waals surface area contributed by atoms with Gasteiger partial charge in [0.1, 0.15) is 0 Å². The average Bonchev–Trinajstić information content (AvgIpc) is 3.23. The Morgan fingerprint density at radius 3 is 1.05 bits per heavy atom. The molecular weight excluding hydrogens is 729 g/mol. The molecule has 350 valence electrons. The summed E-state index contributed by atoms with van der Waals surface area (Å²) in [7, 11) is 2.26. The number of ether oxygens (including phenoxy) is 2. The van der Waals surface area contributed by atoms with Gasteiger partial charge in [-0.1, -0.05) is 207 Å². The first-order valence-electron chi connectivity index (χ1n) is 26.6. The summed E-state index contributed by atoms with van der Waals surface area (Å²) < 4.78 is 11.3. The quantitative estimate of drug-likeness (QED) is 0.0450. The van der Waals surface area contributed by atoms with Crippen LogP contribution in [0, 0.1) is 17.8 Å². The zero-order valence-electron chi connectivity index (χ0n) is 40.7. The molecule has 1 rings (SSSR count). The zero-order valence-corrected chi connectivity index (χ0v) is 40.7. The van der Waals surface area contributed by atoms with Gasteiger partial charge in [-0.2, -0.15) is 0 Å². The van der Waals surface area contributed by atoms with Gasteiger partial charge in [0, 0.05) is 45.6 Å². The summed E-state index contributed by atoms with van der Waals surface area (Å²) >= 11 is 0. The normalized spacial score (nSPS) is 14.0. The first kappa shape index (κ1) is 55.9. The van der Waals surface area contributed by atoms with Crippen LogP contribution in [0.2, 0.25) is 0 Å². The molecule has 0 aromatic rings. The molecule has 1 heterocycles. The van der Waals surface area contributed by atoms with Crippen LogP contribution >= 0.6 is 0 Å². The highest BCUT2D eigenvalue weighted by atomic mass is 16.5. The Morgan fingerprint density at radius 2 is 0.695 bits per heavy atom. The van der Waals surface area contributed by atoms with Crippen LogP contribution in [0.5, 0.6) is 0 Å². The number of carbonyl (C=O) groups excluding carboxylic acids is 2. The standard InChI is InChI=1S/C53H104N2O4/c1-6-10-24-32-49(33-25-11-7-2)40-46-58-52(56)38-30-22-18-14-16-20-28-36-51(48-55-44-42-54(5)43-45-55)37-29-21-17-15-19-23-31-39-53(57)59-47-41-50(34-26-12-8-3)35-27-13-9-4/h49-51H,6-48H2,1-5H3. The SMILES string of the molecule is CCCCCC(CCCCC)CCOC(=O)CCCCCCCCCC(CCCCCCCCCC(=O)OCCC(CCCCC)CCCCC)CN1CCN(C)CC1. The van der Waals surface area contributed by atoms with Crippen molar-refractivity contribution in [3.63, 3.8) is 0 Å². The summed E-state index contributed by atoms with van der Waals surface area (Å²) in [5, 5.41) is 0. The molecular formula is C53H104N2O4. The summed E-state index contributed by atoms with van der Waals surface area (Å²) in [5.41, 5.74) is 0. The third-order valence-electron chi connectivity index (χ3n) is 13.5. The van der Waals surface area contributed by atoms with E-state index in [4.69, 9.17) is 9.47 Å². The molecule has 6 nitrogen and oxygen atoms in total. The molecule has 0 spiro atoms. The fourth-order valence-corrected chi connectivity index (χ4v) is 9.32. The summed E-state index contributed by atoms with van der Waals surface area (Å²) in [6.45, 7) is 16.5. The molecule has 0 unspecified atom stereocenters. The highest BCUT2D eigenvalue weighted by Crippen LogP contribution is 2.24. The van der Waals surface area contributed by atoms with Crippen molar-refractivity contribution in [2.24, 2.45) is 17.8 Å². The number of nitrogens with zero attached hydrogens (tertiary/aromatic N) is 2. The van der Waals surface area contributed by atoms with E-state index in [2.05, 4.69) is 44.5 Å². The van der Waals surface area contributed by atoms with Crippen LogP contribution in [0.1, 0.15) is 259 Å². The monoisotopic (exact) mass is 833 g/mol. The van der Waals surface area contributed by atoms with Crippen molar-refractivity contribution in [3.05, 3.63) is 0 Å². The lowest BCUT2D eigenvalue weighted by molar-refractivity contribution is -0.145. The second-order valence-corrected chi connectivity index (χ2v) is 19.2. The van der Waals surface area contributed by atoms with E-state index in [1.807, 2.05) is 0 Å². The van der Waals surface area contributed by atoms with E-state index in [9.17, 15) is 9.59 Å². The Bertz CT molecular complexity index is 826. The maximum Gasteiger partial charge on any atom is 0.305 e. The molecule has 0 amide bonds. The van der Waals surface area contributed by atoms with Gasteiger partial charge >= 0.3 is 11.9 Å². The minimum atomic E-state index is 0.0240. The largest absolute Gasteiger partial charge is 0.466 e. The predicted octanol–water partition coefficient (Wildman–Crippen LogP) is 15.3. The third-order valence-corrected chi connectivity index (χ3v) is 13.5.